The number of aromatic nitrogens is 1. The smallest absolute Gasteiger partial charge is 0.254 e. The maximum Gasteiger partial charge on any atom is 0.280 e. The van der Waals surface area contributed by atoms with Crippen LogP contribution in [-0.2, 0) is 5.33 Å². The molecule has 0 saturated carbocycles. The zero-order valence-electron chi connectivity index (χ0n) is 6.20. The molecule has 0 unspecified atom stereocenters. The van der Waals surface area contributed by atoms with Gasteiger partial charge in [0, 0.05) is 17.1 Å². The lowest BCUT2D eigenvalue weighted by atomic mass is 10.2. The summed E-state index contributed by atoms with van der Waals surface area (Å²) in [5.74, 6) is -0.692. The van der Waals surface area contributed by atoms with Crippen molar-refractivity contribution in [1.29, 1.82) is 0 Å². The Kier molecular flexibility index (Phi) is 3.73. The minimum absolute atomic E-state index is 0.0188. The predicted octanol–water partition coefficient (Wildman–Crippen LogP) is 3.82. The van der Waals surface area contributed by atoms with Crippen LogP contribution >= 0.6 is 31.9 Å². The predicted molar refractivity (Wildman–Crippen MR) is 49.5 cm³/mol. The molecule has 0 spiro atoms. The third-order valence-corrected chi connectivity index (χ3v) is 2.55. The number of hydrogen-bond donors (Lipinski definition) is 0. The van der Waals surface area contributed by atoms with Gasteiger partial charge in [0.1, 0.15) is 11.5 Å². The van der Waals surface area contributed by atoms with Crippen molar-refractivity contribution in [1.82, 2.24) is 4.98 Å². The SMILES string of the molecule is Fc1c(Br)cnc(C(F)F)c1CBr. The van der Waals surface area contributed by atoms with E-state index < -0.39 is 17.9 Å². The third kappa shape index (κ3) is 2.22. The maximum atomic E-state index is 13.2. The highest BCUT2D eigenvalue weighted by atomic mass is 79.9. The summed E-state index contributed by atoms with van der Waals surface area (Å²) >= 11 is 5.79. The number of pyridine rings is 1. The fourth-order valence-corrected chi connectivity index (χ4v) is 1.71. The van der Waals surface area contributed by atoms with Gasteiger partial charge in [-0.3, -0.25) is 4.98 Å². The van der Waals surface area contributed by atoms with Gasteiger partial charge in [0.15, 0.2) is 0 Å². The molecule has 0 bridgehead atoms. The zero-order chi connectivity index (χ0) is 10.0. The number of hydrogen-bond acceptors (Lipinski definition) is 1. The van der Waals surface area contributed by atoms with E-state index in [1.165, 1.54) is 0 Å². The van der Waals surface area contributed by atoms with Gasteiger partial charge >= 0.3 is 0 Å². The quantitative estimate of drug-likeness (QED) is 0.756. The van der Waals surface area contributed by atoms with Crippen LogP contribution in [0, 0.1) is 5.82 Å². The van der Waals surface area contributed by atoms with Crippen LogP contribution in [0.25, 0.3) is 0 Å². The highest BCUT2D eigenvalue weighted by Gasteiger charge is 2.19. The average Bonchev–Trinajstić information content (AvgIpc) is 2.09. The van der Waals surface area contributed by atoms with Gasteiger partial charge in [0.05, 0.1) is 4.47 Å². The first kappa shape index (κ1) is 11.0. The summed E-state index contributed by atoms with van der Waals surface area (Å²) in [7, 11) is 0. The molecule has 0 amide bonds. The van der Waals surface area contributed by atoms with Gasteiger partial charge < -0.3 is 0 Å². The molecule has 72 valence electrons. The molecule has 0 aliphatic heterocycles. The Morgan fingerprint density at radius 3 is 2.54 bits per heavy atom. The highest BCUT2D eigenvalue weighted by molar-refractivity contribution is 9.10. The molecule has 0 aliphatic carbocycles. The van der Waals surface area contributed by atoms with Gasteiger partial charge in [-0.05, 0) is 15.9 Å². The normalized spacial score (nSPS) is 10.9. The van der Waals surface area contributed by atoms with E-state index in [-0.39, 0.29) is 15.4 Å². The minimum atomic E-state index is -2.75. The standard InChI is InChI=1S/C7H4Br2F3N/c8-1-3-5(10)4(9)2-13-6(3)7(11)12/h2,7H,1H2. The van der Waals surface area contributed by atoms with Crippen LogP contribution in [0.4, 0.5) is 13.2 Å². The molecule has 0 fully saturated rings. The van der Waals surface area contributed by atoms with Crippen LogP contribution < -0.4 is 0 Å². The first-order chi connectivity index (χ1) is 6.07. The molecule has 1 aromatic heterocycles. The van der Waals surface area contributed by atoms with Crippen LogP contribution in [0.2, 0.25) is 0 Å². The molecule has 1 heterocycles. The third-order valence-electron chi connectivity index (χ3n) is 1.44. The Balaban J connectivity index is 3.30. The molecule has 0 radical (unpaired) electrons. The Morgan fingerprint density at radius 1 is 1.46 bits per heavy atom. The molecule has 0 N–H and O–H groups in total. The Bertz CT molecular complexity index is 317. The van der Waals surface area contributed by atoms with E-state index in [4.69, 9.17) is 0 Å². The van der Waals surface area contributed by atoms with Crippen LogP contribution in [0.3, 0.4) is 0 Å². The number of rotatable bonds is 2. The fraction of sp³-hybridized carbons (Fsp3) is 0.286. The summed E-state index contributed by atoms with van der Waals surface area (Å²) in [5, 5.41) is 0.0188. The highest BCUT2D eigenvalue weighted by Crippen LogP contribution is 2.28. The zero-order valence-corrected chi connectivity index (χ0v) is 9.37. The lowest BCUT2D eigenvalue weighted by molar-refractivity contribution is 0.144. The summed E-state index contributed by atoms with van der Waals surface area (Å²) < 4.78 is 37.8. The molecule has 1 nitrogen and oxygen atoms in total. The molecule has 1 rings (SSSR count). The molecule has 0 atom stereocenters. The second-order valence-corrected chi connectivity index (χ2v) is 3.63. The monoisotopic (exact) mass is 317 g/mol. The number of nitrogens with zero attached hydrogens (tertiary/aromatic N) is 1. The molecule has 6 heteroatoms. The topological polar surface area (TPSA) is 12.9 Å². The van der Waals surface area contributed by atoms with Crippen molar-refractivity contribution in [2.45, 2.75) is 11.8 Å². The van der Waals surface area contributed by atoms with Crippen molar-refractivity contribution in [3.8, 4) is 0 Å². The van der Waals surface area contributed by atoms with Crippen LogP contribution in [0.1, 0.15) is 17.7 Å². The second kappa shape index (κ2) is 4.41. The molecule has 1 aromatic rings. The lowest BCUT2D eigenvalue weighted by Gasteiger charge is -2.06. The largest absolute Gasteiger partial charge is 0.280 e. The Morgan fingerprint density at radius 2 is 2.08 bits per heavy atom. The molecule has 13 heavy (non-hydrogen) atoms. The van der Waals surface area contributed by atoms with E-state index >= 15 is 0 Å². The molecule has 0 aromatic carbocycles. The van der Waals surface area contributed by atoms with Crippen LogP contribution in [0.15, 0.2) is 10.7 Å². The number of alkyl halides is 3. The van der Waals surface area contributed by atoms with Crippen molar-refractivity contribution >= 4 is 31.9 Å². The lowest BCUT2D eigenvalue weighted by Crippen LogP contribution is -2.00. The Labute approximate surface area is 89.6 Å². The van der Waals surface area contributed by atoms with Crippen molar-refractivity contribution in [2.24, 2.45) is 0 Å². The van der Waals surface area contributed by atoms with Gasteiger partial charge in [-0.25, -0.2) is 13.2 Å². The van der Waals surface area contributed by atoms with E-state index in [1.54, 1.807) is 0 Å². The summed E-state index contributed by atoms with van der Waals surface area (Å²) in [6.45, 7) is 0. The van der Waals surface area contributed by atoms with Gasteiger partial charge in [0.25, 0.3) is 6.43 Å². The van der Waals surface area contributed by atoms with Crippen molar-refractivity contribution in [2.75, 3.05) is 0 Å². The van der Waals surface area contributed by atoms with Gasteiger partial charge in [0.2, 0.25) is 0 Å². The molecular formula is C7H4Br2F3N. The van der Waals surface area contributed by atoms with Crippen molar-refractivity contribution < 1.29 is 13.2 Å². The molecule has 0 aliphatic rings. The van der Waals surface area contributed by atoms with E-state index in [0.29, 0.717) is 0 Å². The van der Waals surface area contributed by atoms with Gasteiger partial charge in [-0.15, -0.1) is 0 Å². The first-order valence-corrected chi connectivity index (χ1v) is 5.16. The summed E-state index contributed by atoms with van der Waals surface area (Å²) in [4.78, 5) is 3.44. The van der Waals surface area contributed by atoms with E-state index in [0.717, 1.165) is 6.20 Å². The van der Waals surface area contributed by atoms with Crippen molar-refractivity contribution in [3.05, 3.63) is 27.7 Å². The van der Waals surface area contributed by atoms with Gasteiger partial charge in [-0.1, -0.05) is 15.9 Å². The number of halogens is 5. The fourth-order valence-electron chi connectivity index (χ4n) is 0.833. The second-order valence-electron chi connectivity index (χ2n) is 2.22. The average molecular weight is 319 g/mol. The maximum absolute atomic E-state index is 13.2. The first-order valence-electron chi connectivity index (χ1n) is 3.24. The van der Waals surface area contributed by atoms with Crippen molar-refractivity contribution in [3.63, 3.8) is 0 Å². The molecule has 0 saturated heterocycles. The Hall–Kier alpha value is -0.100. The van der Waals surface area contributed by atoms with Crippen LogP contribution in [0.5, 0.6) is 0 Å². The van der Waals surface area contributed by atoms with E-state index in [2.05, 4.69) is 36.8 Å². The minimum Gasteiger partial charge on any atom is -0.254 e. The van der Waals surface area contributed by atoms with Gasteiger partial charge in [-0.2, -0.15) is 0 Å². The summed E-state index contributed by atoms with van der Waals surface area (Å²) in [6.07, 6.45) is -1.72. The van der Waals surface area contributed by atoms with Crippen LogP contribution in [-0.4, -0.2) is 4.98 Å². The summed E-state index contributed by atoms with van der Waals surface area (Å²) in [6, 6.07) is 0. The van der Waals surface area contributed by atoms with E-state index in [9.17, 15) is 13.2 Å². The summed E-state index contributed by atoms with van der Waals surface area (Å²) in [5.41, 5.74) is -0.623. The molecular weight excluding hydrogens is 315 g/mol. The van der Waals surface area contributed by atoms with E-state index in [1.807, 2.05) is 0 Å².